The largest absolute Gasteiger partial charge is 0.375 e. The fourth-order valence-electron chi connectivity index (χ4n) is 5.82. The van der Waals surface area contributed by atoms with E-state index in [1.807, 2.05) is 13.2 Å². The van der Waals surface area contributed by atoms with Crippen LogP contribution in [-0.4, -0.2) is 66.0 Å². The minimum Gasteiger partial charge on any atom is -0.375 e. The van der Waals surface area contributed by atoms with Gasteiger partial charge in [0.1, 0.15) is 11.6 Å². The zero-order valence-corrected chi connectivity index (χ0v) is 24.4. The van der Waals surface area contributed by atoms with Crippen LogP contribution in [0.4, 0.5) is 29.0 Å². The Labute approximate surface area is 237 Å². The summed E-state index contributed by atoms with van der Waals surface area (Å²) in [6, 6.07) is 15.3. The van der Waals surface area contributed by atoms with Gasteiger partial charge in [-0.25, -0.2) is 9.97 Å². The number of nitrogens with one attached hydrogen (secondary N) is 2. The number of rotatable bonds is 8. The first kappa shape index (κ1) is 26.9. The molecule has 0 saturated carbocycles. The van der Waals surface area contributed by atoms with Gasteiger partial charge < -0.3 is 29.9 Å². The molecular weight excluding hydrogens is 502 g/mol. The molecule has 9 heteroatoms. The van der Waals surface area contributed by atoms with E-state index < -0.39 is 0 Å². The average Bonchev–Trinajstić information content (AvgIpc) is 3.66. The Bertz CT molecular complexity index is 1360. The molecule has 4 atom stereocenters. The van der Waals surface area contributed by atoms with Crippen molar-refractivity contribution in [2.24, 2.45) is 0 Å². The minimum atomic E-state index is -0.284. The zero-order chi connectivity index (χ0) is 28.1. The zero-order valence-electron chi connectivity index (χ0n) is 24.4. The maximum Gasteiger partial charge on any atom is 0.229 e. The van der Waals surface area contributed by atoms with Crippen LogP contribution in [0.25, 0.3) is 0 Å². The van der Waals surface area contributed by atoms with Gasteiger partial charge in [-0.3, -0.25) is 0 Å². The maximum atomic E-state index is 6.29. The predicted octanol–water partition coefficient (Wildman–Crippen LogP) is 5.10. The molecule has 2 fully saturated rings. The van der Waals surface area contributed by atoms with Crippen molar-refractivity contribution in [3.8, 4) is 0 Å². The quantitative estimate of drug-likeness (QED) is 0.403. The molecule has 212 valence electrons. The van der Waals surface area contributed by atoms with Crippen molar-refractivity contribution in [1.29, 1.82) is 0 Å². The molecule has 2 N–H and O–H groups in total. The number of benzene rings is 1. The third-order valence-corrected chi connectivity index (χ3v) is 8.27. The SMILES string of the molecule is CN[C@@H](C)c1cccc(N2CC(C)(COC(C)(C)C)c3cnc(Nc4ccc(N5CC6C[C@@H]5CO6)cc4)nc32)n1. The third-order valence-electron chi connectivity index (χ3n) is 8.27. The third kappa shape index (κ3) is 5.25. The maximum absolute atomic E-state index is 6.29. The second-order valence-electron chi connectivity index (χ2n) is 12.6. The fourth-order valence-corrected chi connectivity index (χ4v) is 5.82. The number of hydrogen-bond donors (Lipinski definition) is 2. The molecule has 5 heterocycles. The van der Waals surface area contributed by atoms with Gasteiger partial charge in [0, 0.05) is 47.7 Å². The Morgan fingerprint density at radius 3 is 2.62 bits per heavy atom. The number of fused-ring (bicyclic) bond motifs is 3. The Hall–Kier alpha value is -3.27. The van der Waals surface area contributed by atoms with Crippen LogP contribution in [0.2, 0.25) is 0 Å². The van der Waals surface area contributed by atoms with Gasteiger partial charge in [-0.05, 0) is 77.6 Å². The first-order chi connectivity index (χ1) is 19.1. The van der Waals surface area contributed by atoms with Crippen LogP contribution in [0.5, 0.6) is 0 Å². The molecule has 2 bridgehead atoms. The topological polar surface area (TPSA) is 87.7 Å². The summed E-state index contributed by atoms with van der Waals surface area (Å²) in [5.74, 6) is 2.30. The summed E-state index contributed by atoms with van der Waals surface area (Å²) in [6.45, 7) is 13.7. The highest BCUT2D eigenvalue weighted by atomic mass is 16.5. The second-order valence-corrected chi connectivity index (χ2v) is 12.6. The van der Waals surface area contributed by atoms with Crippen LogP contribution in [0.1, 0.15) is 58.3 Å². The van der Waals surface area contributed by atoms with Crippen molar-refractivity contribution in [3.05, 3.63) is 59.9 Å². The molecule has 0 radical (unpaired) electrons. The second kappa shape index (κ2) is 10.3. The van der Waals surface area contributed by atoms with Crippen LogP contribution in [0.3, 0.4) is 0 Å². The molecule has 0 spiro atoms. The number of morpholine rings is 1. The average molecular weight is 544 g/mol. The molecule has 9 nitrogen and oxygen atoms in total. The van der Waals surface area contributed by atoms with Crippen LogP contribution in [0.15, 0.2) is 48.7 Å². The van der Waals surface area contributed by atoms with Crippen LogP contribution >= 0.6 is 0 Å². The van der Waals surface area contributed by atoms with E-state index in [0.29, 0.717) is 31.2 Å². The molecule has 3 aliphatic heterocycles. The van der Waals surface area contributed by atoms with Crippen LogP contribution in [0, 0.1) is 0 Å². The van der Waals surface area contributed by atoms with Gasteiger partial charge in [-0.1, -0.05) is 13.0 Å². The predicted molar refractivity (Wildman–Crippen MR) is 159 cm³/mol. The number of nitrogens with zero attached hydrogens (tertiary/aromatic N) is 5. The summed E-state index contributed by atoms with van der Waals surface area (Å²) < 4.78 is 12.1. The summed E-state index contributed by atoms with van der Waals surface area (Å²) in [5.41, 5.74) is 3.72. The first-order valence-corrected chi connectivity index (χ1v) is 14.3. The van der Waals surface area contributed by atoms with E-state index in [2.05, 4.69) is 97.5 Å². The van der Waals surface area contributed by atoms with E-state index in [1.54, 1.807) is 0 Å². The monoisotopic (exact) mass is 543 g/mol. The summed E-state index contributed by atoms with van der Waals surface area (Å²) >= 11 is 0. The fraction of sp³-hybridized carbons (Fsp3) is 0.516. The van der Waals surface area contributed by atoms with Gasteiger partial charge >= 0.3 is 0 Å². The van der Waals surface area contributed by atoms with Gasteiger partial charge in [0.25, 0.3) is 0 Å². The van der Waals surface area contributed by atoms with Crippen molar-refractivity contribution in [2.45, 2.75) is 70.2 Å². The van der Waals surface area contributed by atoms with Crippen molar-refractivity contribution in [2.75, 3.05) is 48.5 Å². The Balaban J connectivity index is 1.28. The highest BCUT2D eigenvalue weighted by Gasteiger charge is 2.43. The Kier molecular flexibility index (Phi) is 6.92. The van der Waals surface area contributed by atoms with Crippen molar-refractivity contribution < 1.29 is 9.47 Å². The molecule has 0 aliphatic carbocycles. The Morgan fingerprint density at radius 1 is 1.15 bits per heavy atom. The molecule has 2 saturated heterocycles. The number of ether oxygens (including phenoxy) is 2. The highest BCUT2D eigenvalue weighted by Crippen LogP contribution is 2.44. The van der Waals surface area contributed by atoms with E-state index in [9.17, 15) is 0 Å². The molecule has 3 aliphatic rings. The van der Waals surface area contributed by atoms with Crippen LogP contribution in [-0.2, 0) is 14.9 Å². The smallest absolute Gasteiger partial charge is 0.229 e. The summed E-state index contributed by atoms with van der Waals surface area (Å²) in [4.78, 5) is 19.4. The lowest BCUT2D eigenvalue weighted by atomic mass is 9.87. The van der Waals surface area contributed by atoms with Crippen molar-refractivity contribution in [3.63, 3.8) is 0 Å². The summed E-state index contributed by atoms with van der Waals surface area (Å²) in [5, 5.41) is 6.72. The van der Waals surface area contributed by atoms with E-state index in [4.69, 9.17) is 24.4 Å². The van der Waals surface area contributed by atoms with Gasteiger partial charge in [-0.2, -0.15) is 4.98 Å². The molecule has 2 unspecified atom stereocenters. The summed E-state index contributed by atoms with van der Waals surface area (Å²) in [6.07, 6.45) is 3.46. The molecule has 1 aromatic carbocycles. The normalized spacial score (nSPS) is 24.4. The lowest BCUT2D eigenvalue weighted by molar-refractivity contribution is -0.0252. The van der Waals surface area contributed by atoms with Gasteiger partial charge in [0.2, 0.25) is 5.95 Å². The lowest BCUT2D eigenvalue weighted by Gasteiger charge is -2.30. The summed E-state index contributed by atoms with van der Waals surface area (Å²) in [7, 11) is 1.95. The number of pyridine rings is 1. The number of hydrogen-bond acceptors (Lipinski definition) is 9. The van der Waals surface area contributed by atoms with Crippen LogP contribution < -0.4 is 20.4 Å². The molecule has 0 amide bonds. The first-order valence-electron chi connectivity index (χ1n) is 14.3. The van der Waals surface area contributed by atoms with E-state index in [1.165, 1.54) is 5.69 Å². The number of anilines is 5. The molecular formula is C31H41N7O2. The lowest BCUT2D eigenvalue weighted by Crippen LogP contribution is -2.37. The van der Waals surface area contributed by atoms with Gasteiger partial charge in [-0.15, -0.1) is 0 Å². The minimum absolute atomic E-state index is 0.145. The van der Waals surface area contributed by atoms with E-state index >= 15 is 0 Å². The highest BCUT2D eigenvalue weighted by molar-refractivity contribution is 5.69. The standard InChI is InChI=1S/C31H41N7O2/c1-20(32-6)26-8-7-9-27(35-26)38-18-31(5,19-40-30(2,3)4)25-15-33-29(36-28(25)38)34-21-10-12-22(13-11-21)37-16-24-14-23(37)17-39-24/h7-13,15,20,23-24,32H,14,16-19H2,1-6H3,(H,33,34,36)/t20-,23+,24?,31?/m0/s1. The van der Waals surface area contributed by atoms with Crippen molar-refractivity contribution in [1.82, 2.24) is 20.3 Å². The molecule has 2 aromatic heterocycles. The van der Waals surface area contributed by atoms with Gasteiger partial charge in [0.05, 0.1) is 36.7 Å². The Morgan fingerprint density at radius 2 is 1.95 bits per heavy atom. The van der Waals surface area contributed by atoms with E-state index in [0.717, 1.165) is 48.2 Å². The molecule has 6 rings (SSSR count). The van der Waals surface area contributed by atoms with Crippen molar-refractivity contribution >= 4 is 29.0 Å². The molecule has 40 heavy (non-hydrogen) atoms. The number of aromatic nitrogens is 3. The van der Waals surface area contributed by atoms with E-state index in [-0.39, 0.29) is 17.1 Å². The van der Waals surface area contributed by atoms with Gasteiger partial charge in [0.15, 0.2) is 0 Å². The molecule has 3 aromatic rings.